The van der Waals surface area contributed by atoms with Gasteiger partial charge < -0.3 is 33.4 Å². The minimum atomic E-state index is -0.190. The van der Waals surface area contributed by atoms with Crippen LogP contribution in [0.25, 0.3) is 23.0 Å². The smallest absolute Gasteiger partial charge is 0.274 e. The van der Waals surface area contributed by atoms with Gasteiger partial charge in [0.05, 0.1) is 0 Å². The number of aromatic nitrogens is 3. The molecule has 10 nitrogen and oxygen atoms in total. The molecule has 0 radical (unpaired) electrons. The van der Waals surface area contributed by atoms with Crippen LogP contribution in [0.5, 0.6) is 23.0 Å². The van der Waals surface area contributed by atoms with Gasteiger partial charge in [-0.1, -0.05) is 5.16 Å². The van der Waals surface area contributed by atoms with E-state index in [2.05, 4.69) is 15.5 Å². The van der Waals surface area contributed by atoms with Crippen LogP contribution in [0.15, 0.2) is 59.3 Å². The highest BCUT2D eigenvalue weighted by Crippen LogP contribution is 2.35. The third-order valence-corrected chi connectivity index (χ3v) is 5.38. The number of amides is 1. The third-order valence-electron chi connectivity index (χ3n) is 5.38. The molecule has 2 aliphatic heterocycles. The zero-order valence-electron chi connectivity index (χ0n) is 17.3. The number of ether oxygens (including phenoxy) is 4. The topological polar surface area (TPSA) is 110 Å². The van der Waals surface area contributed by atoms with E-state index in [-0.39, 0.29) is 19.5 Å². The Hall–Kier alpha value is -4.47. The van der Waals surface area contributed by atoms with E-state index in [1.807, 2.05) is 41.1 Å². The van der Waals surface area contributed by atoms with E-state index in [9.17, 15) is 4.79 Å². The highest BCUT2D eigenvalue weighted by atomic mass is 16.7. The Balaban J connectivity index is 1.12. The predicted octanol–water partition coefficient (Wildman–Crippen LogP) is 3.09. The van der Waals surface area contributed by atoms with Crippen molar-refractivity contribution < 1.29 is 28.3 Å². The summed E-state index contributed by atoms with van der Waals surface area (Å²) in [6.07, 6.45) is 1.90. The lowest BCUT2D eigenvalue weighted by Gasteiger charge is -2.09. The van der Waals surface area contributed by atoms with Gasteiger partial charge in [0.1, 0.15) is 5.69 Å². The van der Waals surface area contributed by atoms with Crippen LogP contribution in [0, 0.1) is 0 Å². The quantitative estimate of drug-likeness (QED) is 0.481. The number of carbonyl (C=O) groups is 1. The van der Waals surface area contributed by atoms with Gasteiger partial charge in [0, 0.05) is 30.4 Å². The van der Waals surface area contributed by atoms with Gasteiger partial charge in [0.2, 0.25) is 19.4 Å². The average Bonchev–Trinajstić information content (AvgIpc) is 3.64. The van der Waals surface area contributed by atoms with Crippen molar-refractivity contribution in [1.82, 2.24) is 20.0 Å². The van der Waals surface area contributed by atoms with Gasteiger partial charge in [-0.05, 0) is 48.5 Å². The SMILES string of the molecule is O=C(NCCn1cccc1-c1nc(-c2ccc3c(c2)OCO3)no1)c1ccc2c(c1)OCO2. The van der Waals surface area contributed by atoms with Crippen molar-refractivity contribution in [3.05, 3.63) is 60.3 Å². The molecule has 2 aliphatic rings. The van der Waals surface area contributed by atoms with Gasteiger partial charge in [-0.15, -0.1) is 0 Å². The van der Waals surface area contributed by atoms with Gasteiger partial charge in [-0.2, -0.15) is 4.98 Å². The fraction of sp³-hybridized carbons (Fsp3) is 0.174. The van der Waals surface area contributed by atoms with Crippen molar-refractivity contribution in [2.24, 2.45) is 0 Å². The first-order chi connectivity index (χ1) is 16.2. The van der Waals surface area contributed by atoms with E-state index in [0.29, 0.717) is 53.4 Å². The minimum Gasteiger partial charge on any atom is -0.454 e. The number of hydrogen-bond acceptors (Lipinski definition) is 8. The van der Waals surface area contributed by atoms with Gasteiger partial charge in [-0.3, -0.25) is 4.79 Å². The molecule has 0 saturated heterocycles. The number of fused-ring (bicyclic) bond motifs is 2. The molecule has 0 aliphatic carbocycles. The number of benzene rings is 2. The van der Waals surface area contributed by atoms with Crippen LogP contribution in [0.4, 0.5) is 0 Å². The van der Waals surface area contributed by atoms with E-state index in [0.717, 1.165) is 11.3 Å². The number of carbonyl (C=O) groups excluding carboxylic acids is 1. The summed E-state index contributed by atoms with van der Waals surface area (Å²) in [6, 6.07) is 14.4. The molecule has 0 atom stereocenters. The van der Waals surface area contributed by atoms with Crippen molar-refractivity contribution in [2.45, 2.75) is 6.54 Å². The van der Waals surface area contributed by atoms with Gasteiger partial charge in [-0.25, -0.2) is 0 Å². The Morgan fingerprint density at radius 2 is 1.70 bits per heavy atom. The number of hydrogen-bond donors (Lipinski definition) is 1. The van der Waals surface area contributed by atoms with E-state index in [4.69, 9.17) is 23.5 Å². The molecule has 166 valence electrons. The van der Waals surface area contributed by atoms with Crippen LogP contribution in [0.1, 0.15) is 10.4 Å². The second-order valence-corrected chi connectivity index (χ2v) is 7.40. The lowest BCUT2D eigenvalue weighted by atomic mass is 10.2. The molecule has 2 aromatic heterocycles. The van der Waals surface area contributed by atoms with Crippen molar-refractivity contribution in [3.63, 3.8) is 0 Å². The van der Waals surface area contributed by atoms with E-state index in [1.54, 1.807) is 18.2 Å². The van der Waals surface area contributed by atoms with Crippen LogP contribution < -0.4 is 24.3 Å². The fourth-order valence-electron chi connectivity index (χ4n) is 3.71. The Bertz CT molecular complexity index is 1340. The van der Waals surface area contributed by atoms with E-state index in [1.165, 1.54) is 0 Å². The summed E-state index contributed by atoms with van der Waals surface area (Å²) in [5.41, 5.74) is 2.03. The van der Waals surface area contributed by atoms with Crippen molar-refractivity contribution >= 4 is 5.91 Å². The maximum absolute atomic E-state index is 12.5. The van der Waals surface area contributed by atoms with Crippen LogP contribution in [-0.2, 0) is 6.54 Å². The summed E-state index contributed by atoms with van der Waals surface area (Å²) < 4.78 is 28.8. The normalized spacial score (nSPS) is 13.3. The number of nitrogens with one attached hydrogen (secondary N) is 1. The maximum atomic E-state index is 12.5. The van der Waals surface area contributed by atoms with E-state index < -0.39 is 0 Å². The van der Waals surface area contributed by atoms with Gasteiger partial charge in [0.25, 0.3) is 11.8 Å². The molecule has 1 amide bonds. The standard InChI is InChI=1S/C23H18N4O6/c28-22(15-4-6-18-20(11-15)32-13-30-18)24-7-9-27-8-1-2-16(27)23-25-21(26-33-23)14-3-5-17-19(10-14)31-12-29-17/h1-6,8,10-11H,7,9,12-13H2,(H,24,28). The van der Waals surface area contributed by atoms with Crippen LogP contribution >= 0.6 is 0 Å². The molecule has 0 saturated carbocycles. The lowest BCUT2D eigenvalue weighted by molar-refractivity contribution is 0.0952. The highest BCUT2D eigenvalue weighted by molar-refractivity contribution is 5.94. The Labute approximate surface area is 187 Å². The van der Waals surface area contributed by atoms with Crippen molar-refractivity contribution in [2.75, 3.05) is 20.1 Å². The lowest BCUT2D eigenvalue weighted by Crippen LogP contribution is -2.27. The third kappa shape index (κ3) is 3.61. The summed E-state index contributed by atoms with van der Waals surface area (Å²) in [7, 11) is 0. The molecular formula is C23H18N4O6. The molecule has 0 spiro atoms. The number of nitrogens with zero attached hydrogens (tertiary/aromatic N) is 3. The molecule has 1 N–H and O–H groups in total. The first-order valence-electron chi connectivity index (χ1n) is 10.3. The first-order valence-corrected chi connectivity index (χ1v) is 10.3. The van der Waals surface area contributed by atoms with E-state index >= 15 is 0 Å². The zero-order chi connectivity index (χ0) is 22.2. The summed E-state index contributed by atoms with van der Waals surface area (Å²) >= 11 is 0. The van der Waals surface area contributed by atoms with Crippen LogP contribution in [0.2, 0.25) is 0 Å². The molecule has 33 heavy (non-hydrogen) atoms. The molecule has 0 fully saturated rings. The largest absolute Gasteiger partial charge is 0.454 e. The van der Waals surface area contributed by atoms with Crippen molar-refractivity contribution in [1.29, 1.82) is 0 Å². The fourth-order valence-corrected chi connectivity index (χ4v) is 3.71. The number of rotatable bonds is 6. The van der Waals surface area contributed by atoms with Gasteiger partial charge >= 0.3 is 0 Å². The molecule has 0 unspecified atom stereocenters. The molecule has 2 aromatic carbocycles. The first kappa shape index (κ1) is 19.2. The summed E-state index contributed by atoms with van der Waals surface area (Å²) in [5, 5.41) is 7.01. The zero-order valence-corrected chi connectivity index (χ0v) is 17.3. The Morgan fingerprint density at radius 1 is 0.939 bits per heavy atom. The average molecular weight is 446 g/mol. The molecule has 10 heteroatoms. The van der Waals surface area contributed by atoms with Crippen LogP contribution in [-0.4, -0.2) is 40.7 Å². The highest BCUT2D eigenvalue weighted by Gasteiger charge is 2.19. The summed E-state index contributed by atoms with van der Waals surface area (Å²) in [6.45, 7) is 1.32. The molecule has 4 heterocycles. The Morgan fingerprint density at radius 3 is 2.55 bits per heavy atom. The second kappa shape index (κ2) is 7.90. The maximum Gasteiger partial charge on any atom is 0.274 e. The summed E-state index contributed by atoms with van der Waals surface area (Å²) in [5.74, 6) is 3.21. The summed E-state index contributed by atoms with van der Waals surface area (Å²) in [4.78, 5) is 17.0. The van der Waals surface area contributed by atoms with Crippen LogP contribution in [0.3, 0.4) is 0 Å². The molecule has 0 bridgehead atoms. The molecular weight excluding hydrogens is 428 g/mol. The molecule has 6 rings (SSSR count). The predicted molar refractivity (Wildman–Crippen MR) is 114 cm³/mol. The monoisotopic (exact) mass is 446 g/mol. The second-order valence-electron chi connectivity index (χ2n) is 7.40. The Kier molecular flexibility index (Phi) is 4.60. The molecule has 4 aromatic rings. The van der Waals surface area contributed by atoms with Gasteiger partial charge in [0.15, 0.2) is 23.0 Å². The van der Waals surface area contributed by atoms with Crippen molar-refractivity contribution in [3.8, 4) is 46.0 Å². The minimum absolute atomic E-state index is 0.170.